The van der Waals surface area contributed by atoms with E-state index in [1.54, 1.807) is 0 Å². The molecular formula is C20H28N6OS. The van der Waals surface area contributed by atoms with E-state index in [2.05, 4.69) is 28.2 Å². The number of amidine groups is 1. The first-order valence-electron chi connectivity index (χ1n) is 9.66. The van der Waals surface area contributed by atoms with E-state index in [1.807, 2.05) is 36.2 Å². The minimum Gasteiger partial charge on any atom is -0.361 e. The highest BCUT2D eigenvalue weighted by Crippen LogP contribution is 2.19. The lowest BCUT2D eigenvalue weighted by Crippen LogP contribution is -2.48. The minimum atomic E-state index is -0.422. The molecule has 0 bridgehead atoms. The summed E-state index contributed by atoms with van der Waals surface area (Å²) in [6.07, 6.45) is 2.66. The van der Waals surface area contributed by atoms with Gasteiger partial charge in [-0.2, -0.15) is 0 Å². The summed E-state index contributed by atoms with van der Waals surface area (Å²) in [5.41, 5.74) is 2.22. The van der Waals surface area contributed by atoms with Gasteiger partial charge < -0.3 is 20.1 Å². The minimum absolute atomic E-state index is 0.102. The Bertz CT molecular complexity index is 855. The number of benzene rings is 1. The van der Waals surface area contributed by atoms with Crippen LogP contribution in [0.5, 0.6) is 0 Å². The number of hydrogen-bond acceptors (Lipinski definition) is 5. The zero-order valence-corrected chi connectivity index (χ0v) is 17.2. The molecule has 2 heterocycles. The standard InChI is InChI=1S/C20H28N6OS/c1-3-25-8-10-26(11-9-25)20(22)28-18(21)19(27)24-14(2)12-15-13-23-17-7-5-4-6-16(15)17/h4-7,13-14,21-23H,3,8-12H2,1-2H3,(H,24,27). The zero-order chi connectivity index (χ0) is 20.1. The molecule has 8 heteroatoms. The van der Waals surface area contributed by atoms with E-state index in [-0.39, 0.29) is 16.3 Å². The monoisotopic (exact) mass is 400 g/mol. The summed E-state index contributed by atoms with van der Waals surface area (Å²) in [6.45, 7) is 8.46. The van der Waals surface area contributed by atoms with Gasteiger partial charge in [0.15, 0.2) is 10.2 Å². The van der Waals surface area contributed by atoms with Crippen molar-refractivity contribution in [1.29, 1.82) is 10.8 Å². The fourth-order valence-corrected chi connectivity index (χ4v) is 4.10. The number of rotatable bonds is 4. The summed E-state index contributed by atoms with van der Waals surface area (Å²) in [5, 5.41) is 20.5. The summed E-state index contributed by atoms with van der Waals surface area (Å²) >= 11 is 0.931. The van der Waals surface area contributed by atoms with Gasteiger partial charge in [-0.25, -0.2) is 0 Å². The predicted octanol–water partition coefficient (Wildman–Crippen LogP) is 2.50. The van der Waals surface area contributed by atoms with Crippen LogP contribution >= 0.6 is 11.8 Å². The lowest BCUT2D eigenvalue weighted by atomic mass is 10.1. The van der Waals surface area contributed by atoms with Crippen molar-refractivity contribution < 1.29 is 4.79 Å². The summed E-state index contributed by atoms with van der Waals surface area (Å²) in [4.78, 5) is 19.9. The van der Waals surface area contributed by atoms with Crippen molar-refractivity contribution in [2.75, 3.05) is 32.7 Å². The highest BCUT2D eigenvalue weighted by molar-refractivity contribution is 8.27. The second kappa shape index (κ2) is 9.25. The van der Waals surface area contributed by atoms with E-state index in [1.165, 1.54) is 0 Å². The van der Waals surface area contributed by atoms with E-state index in [4.69, 9.17) is 10.8 Å². The van der Waals surface area contributed by atoms with Crippen molar-refractivity contribution in [3.63, 3.8) is 0 Å². The molecule has 7 nitrogen and oxygen atoms in total. The van der Waals surface area contributed by atoms with Gasteiger partial charge in [-0.05, 0) is 43.3 Å². The van der Waals surface area contributed by atoms with Crippen molar-refractivity contribution in [1.82, 2.24) is 20.1 Å². The molecule has 1 unspecified atom stereocenters. The molecule has 0 radical (unpaired) electrons. The van der Waals surface area contributed by atoms with Gasteiger partial charge in [-0.3, -0.25) is 15.6 Å². The number of para-hydroxylation sites is 1. The maximum Gasteiger partial charge on any atom is 0.276 e. The molecule has 2 aromatic rings. The zero-order valence-electron chi connectivity index (χ0n) is 16.4. The van der Waals surface area contributed by atoms with Gasteiger partial charge in [0.2, 0.25) is 0 Å². The summed E-state index contributed by atoms with van der Waals surface area (Å²) in [5.74, 6) is -0.422. The quantitative estimate of drug-likeness (QED) is 0.468. The number of carbonyl (C=O) groups excluding carboxylic acids is 1. The number of H-pyrrole nitrogens is 1. The Hall–Kier alpha value is -2.32. The second-order valence-electron chi connectivity index (χ2n) is 7.10. The fourth-order valence-electron chi connectivity index (χ4n) is 3.45. The lowest BCUT2D eigenvalue weighted by Gasteiger charge is -2.35. The van der Waals surface area contributed by atoms with E-state index >= 15 is 0 Å². The van der Waals surface area contributed by atoms with E-state index in [0.29, 0.717) is 6.42 Å². The molecule has 1 fully saturated rings. The molecular weight excluding hydrogens is 372 g/mol. The molecule has 3 rings (SSSR count). The van der Waals surface area contributed by atoms with E-state index < -0.39 is 5.91 Å². The molecule has 1 saturated heterocycles. The Morgan fingerprint density at radius 3 is 2.68 bits per heavy atom. The largest absolute Gasteiger partial charge is 0.361 e. The van der Waals surface area contributed by atoms with Crippen LogP contribution < -0.4 is 5.32 Å². The molecule has 150 valence electrons. The van der Waals surface area contributed by atoms with Crippen LogP contribution in [0.15, 0.2) is 30.5 Å². The molecule has 1 aromatic carbocycles. The molecule has 28 heavy (non-hydrogen) atoms. The van der Waals surface area contributed by atoms with Crippen molar-refractivity contribution in [3.8, 4) is 0 Å². The molecule has 4 N–H and O–H groups in total. The van der Waals surface area contributed by atoms with E-state index in [9.17, 15) is 4.79 Å². The van der Waals surface area contributed by atoms with Gasteiger partial charge in [0.25, 0.3) is 5.91 Å². The maximum atomic E-state index is 12.4. The van der Waals surface area contributed by atoms with Gasteiger partial charge in [-0.15, -0.1) is 0 Å². The van der Waals surface area contributed by atoms with Crippen LogP contribution in [-0.2, 0) is 11.2 Å². The number of likely N-dealkylation sites (N-methyl/N-ethyl adjacent to an activating group) is 1. The predicted molar refractivity (Wildman–Crippen MR) is 116 cm³/mol. The number of aromatic amines is 1. The normalized spacial score (nSPS) is 16.1. The van der Waals surface area contributed by atoms with Gasteiger partial charge >= 0.3 is 0 Å². The molecule has 0 aliphatic carbocycles. The first-order valence-corrected chi connectivity index (χ1v) is 10.5. The van der Waals surface area contributed by atoms with Crippen LogP contribution in [0.4, 0.5) is 0 Å². The highest BCUT2D eigenvalue weighted by atomic mass is 32.2. The van der Waals surface area contributed by atoms with Gasteiger partial charge in [0.1, 0.15) is 0 Å². The second-order valence-corrected chi connectivity index (χ2v) is 8.09. The average molecular weight is 401 g/mol. The third kappa shape index (κ3) is 4.94. The Kier molecular flexibility index (Phi) is 6.74. The van der Waals surface area contributed by atoms with Crippen LogP contribution in [0.25, 0.3) is 10.9 Å². The van der Waals surface area contributed by atoms with E-state index in [0.717, 1.165) is 61.0 Å². The number of thioether (sulfide) groups is 1. The average Bonchev–Trinajstić information content (AvgIpc) is 3.10. The van der Waals surface area contributed by atoms with Crippen LogP contribution in [-0.4, -0.2) is 69.7 Å². The number of nitrogens with one attached hydrogen (secondary N) is 4. The van der Waals surface area contributed by atoms with Crippen molar-refractivity contribution in [2.24, 2.45) is 0 Å². The highest BCUT2D eigenvalue weighted by Gasteiger charge is 2.22. The molecule has 1 aliphatic rings. The Labute approximate surface area is 169 Å². The van der Waals surface area contributed by atoms with Crippen molar-refractivity contribution >= 4 is 38.8 Å². The number of amides is 1. The smallest absolute Gasteiger partial charge is 0.276 e. The van der Waals surface area contributed by atoms with Crippen LogP contribution in [0.3, 0.4) is 0 Å². The molecule has 0 spiro atoms. The molecule has 1 atom stereocenters. The summed E-state index contributed by atoms with van der Waals surface area (Å²) in [6, 6.07) is 7.98. The van der Waals surface area contributed by atoms with Crippen molar-refractivity contribution in [2.45, 2.75) is 26.3 Å². The number of fused-ring (bicyclic) bond motifs is 1. The number of aromatic nitrogens is 1. The van der Waals surface area contributed by atoms with Crippen LogP contribution in [0, 0.1) is 10.8 Å². The van der Waals surface area contributed by atoms with Crippen molar-refractivity contribution in [3.05, 3.63) is 36.0 Å². The Morgan fingerprint density at radius 1 is 1.25 bits per heavy atom. The molecule has 0 saturated carbocycles. The molecule has 1 aliphatic heterocycles. The molecule has 1 aromatic heterocycles. The lowest BCUT2D eigenvalue weighted by molar-refractivity contribution is -0.115. The van der Waals surface area contributed by atoms with Gasteiger partial charge in [0, 0.05) is 49.3 Å². The fraction of sp³-hybridized carbons (Fsp3) is 0.450. The van der Waals surface area contributed by atoms with Gasteiger partial charge in [-0.1, -0.05) is 25.1 Å². The van der Waals surface area contributed by atoms with Crippen LogP contribution in [0.1, 0.15) is 19.4 Å². The summed E-state index contributed by atoms with van der Waals surface area (Å²) < 4.78 is 0. The first kappa shape index (κ1) is 20.4. The maximum absolute atomic E-state index is 12.4. The first-order chi connectivity index (χ1) is 13.5. The third-order valence-electron chi connectivity index (χ3n) is 5.09. The third-order valence-corrected chi connectivity index (χ3v) is 5.93. The summed E-state index contributed by atoms with van der Waals surface area (Å²) in [7, 11) is 0. The number of piperazine rings is 1. The SMILES string of the molecule is CCN1CCN(C(=N)SC(=N)C(=O)NC(C)Cc2c[nH]c3ccccc23)CC1. The number of nitrogens with zero attached hydrogens (tertiary/aromatic N) is 2. The van der Waals surface area contributed by atoms with Gasteiger partial charge in [0.05, 0.1) is 0 Å². The Morgan fingerprint density at radius 2 is 1.96 bits per heavy atom. The molecule has 1 amide bonds. The van der Waals surface area contributed by atoms with Crippen LogP contribution in [0.2, 0.25) is 0 Å². The number of carbonyl (C=O) groups is 1. The number of hydrogen-bond donors (Lipinski definition) is 4. The topological polar surface area (TPSA) is 99.1 Å². The Balaban J connectivity index is 1.48.